The van der Waals surface area contributed by atoms with Crippen LogP contribution in [0.5, 0.6) is 0 Å². The summed E-state index contributed by atoms with van der Waals surface area (Å²) >= 11 is 0. The van der Waals surface area contributed by atoms with Crippen molar-refractivity contribution >= 4 is 11.8 Å². The van der Waals surface area contributed by atoms with Gasteiger partial charge in [0.05, 0.1) is 19.3 Å². The topological polar surface area (TPSA) is 90.9 Å². The fourth-order valence-corrected chi connectivity index (χ4v) is 2.93. The monoisotopic (exact) mass is 377 g/mol. The van der Waals surface area contributed by atoms with Crippen molar-refractivity contribution in [3.63, 3.8) is 0 Å². The minimum Gasteiger partial charge on any atom is -0.390 e. The number of aliphatic hydroxyl groups excluding tert-OH is 1. The highest BCUT2D eigenvalue weighted by molar-refractivity contribution is 5.83. The largest absolute Gasteiger partial charge is 0.390 e. The number of aliphatic hydroxyl groups is 1. The van der Waals surface area contributed by atoms with Crippen LogP contribution in [0.3, 0.4) is 0 Å². The molecule has 27 heavy (non-hydrogen) atoms. The van der Waals surface area contributed by atoms with E-state index in [0.717, 1.165) is 6.42 Å². The molecule has 1 saturated heterocycles. The Bertz CT molecular complexity index is 603. The molecule has 0 saturated carbocycles. The number of ether oxygens (including phenoxy) is 1. The molecule has 0 bridgehead atoms. The Kier molecular flexibility index (Phi) is 9.24. The molecule has 0 spiro atoms. The zero-order chi connectivity index (χ0) is 19.5. The Morgan fingerprint density at radius 1 is 1.19 bits per heavy atom. The van der Waals surface area contributed by atoms with Gasteiger partial charge in [-0.25, -0.2) is 0 Å². The number of morpholine rings is 1. The fourth-order valence-electron chi connectivity index (χ4n) is 2.93. The number of benzene rings is 1. The maximum Gasteiger partial charge on any atom is 0.223 e. The van der Waals surface area contributed by atoms with Gasteiger partial charge >= 0.3 is 0 Å². The third-order valence-corrected chi connectivity index (χ3v) is 4.57. The van der Waals surface area contributed by atoms with Crippen LogP contribution in [-0.2, 0) is 27.3 Å². The van der Waals surface area contributed by atoms with Gasteiger partial charge < -0.3 is 25.4 Å². The van der Waals surface area contributed by atoms with Crippen LogP contribution in [-0.4, -0.2) is 67.3 Å². The molecule has 1 fully saturated rings. The third kappa shape index (κ3) is 8.07. The summed E-state index contributed by atoms with van der Waals surface area (Å²) in [4.78, 5) is 25.6. The molecule has 1 heterocycles. The van der Waals surface area contributed by atoms with Crippen molar-refractivity contribution in [2.75, 3.05) is 39.4 Å². The van der Waals surface area contributed by atoms with Crippen LogP contribution in [0.4, 0.5) is 0 Å². The second-order valence-electron chi connectivity index (χ2n) is 6.76. The Labute approximate surface area is 161 Å². The molecule has 0 aromatic heterocycles. The van der Waals surface area contributed by atoms with Gasteiger partial charge in [0.1, 0.15) is 0 Å². The van der Waals surface area contributed by atoms with Gasteiger partial charge in [-0.2, -0.15) is 0 Å². The van der Waals surface area contributed by atoms with Gasteiger partial charge in [-0.15, -0.1) is 0 Å². The van der Waals surface area contributed by atoms with Gasteiger partial charge in [0.25, 0.3) is 0 Å². The Morgan fingerprint density at radius 2 is 1.93 bits per heavy atom. The summed E-state index contributed by atoms with van der Waals surface area (Å²) in [5.74, 6) is -0.240. The number of nitrogens with zero attached hydrogens (tertiary/aromatic N) is 1. The molecule has 0 aliphatic carbocycles. The number of hydrogen-bond acceptors (Lipinski definition) is 5. The summed E-state index contributed by atoms with van der Waals surface area (Å²) in [5, 5.41) is 15.9. The number of carbonyl (C=O) groups is 2. The van der Waals surface area contributed by atoms with E-state index in [9.17, 15) is 14.7 Å². The van der Waals surface area contributed by atoms with Crippen molar-refractivity contribution < 1.29 is 19.4 Å². The SMILES string of the molecule is CCc1cccc(CNCC(O)CNC(=O)CCC(=O)N2CCOCC2)c1. The first-order chi connectivity index (χ1) is 13.1. The number of amides is 2. The maximum absolute atomic E-state index is 12.0. The van der Waals surface area contributed by atoms with Gasteiger partial charge in [-0.3, -0.25) is 9.59 Å². The minimum atomic E-state index is -0.668. The predicted molar refractivity (Wildman–Crippen MR) is 103 cm³/mol. The second-order valence-corrected chi connectivity index (χ2v) is 6.76. The van der Waals surface area contributed by atoms with E-state index >= 15 is 0 Å². The van der Waals surface area contributed by atoms with E-state index in [4.69, 9.17) is 4.74 Å². The average molecular weight is 377 g/mol. The zero-order valence-corrected chi connectivity index (χ0v) is 16.1. The second kappa shape index (κ2) is 11.7. The first-order valence-electron chi connectivity index (χ1n) is 9.67. The first kappa shape index (κ1) is 21.3. The molecule has 7 heteroatoms. The molecule has 1 atom stereocenters. The van der Waals surface area contributed by atoms with Crippen molar-refractivity contribution in [1.29, 1.82) is 0 Å². The van der Waals surface area contributed by atoms with Crippen LogP contribution < -0.4 is 10.6 Å². The summed E-state index contributed by atoms with van der Waals surface area (Å²) in [6.07, 6.45) is 0.656. The molecule has 0 radical (unpaired) electrons. The molecule has 150 valence electrons. The van der Waals surface area contributed by atoms with Crippen LogP contribution >= 0.6 is 0 Å². The summed E-state index contributed by atoms with van der Waals surface area (Å²) < 4.78 is 5.21. The van der Waals surface area contributed by atoms with E-state index in [1.54, 1.807) is 4.90 Å². The molecule has 3 N–H and O–H groups in total. The smallest absolute Gasteiger partial charge is 0.223 e. The number of nitrogens with one attached hydrogen (secondary N) is 2. The summed E-state index contributed by atoms with van der Waals surface area (Å²) in [6, 6.07) is 8.32. The molecule has 1 unspecified atom stereocenters. The molecule has 7 nitrogen and oxygen atoms in total. The lowest BCUT2D eigenvalue weighted by atomic mass is 10.1. The van der Waals surface area contributed by atoms with E-state index in [0.29, 0.717) is 39.4 Å². The highest BCUT2D eigenvalue weighted by Crippen LogP contribution is 2.05. The van der Waals surface area contributed by atoms with Crippen LogP contribution in [0.2, 0.25) is 0 Å². The average Bonchev–Trinajstić information content (AvgIpc) is 2.71. The summed E-state index contributed by atoms with van der Waals surface area (Å²) in [7, 11) is 0. The lowest BCUT2D eigenvalue weighted by Gasteiger charge is -2.26. The molecule has 1 aliphatic heterocycles. The van der Waals surface area contributed by atoms with Crippen molar-refractivity contribution in [3.8, 4) is 0 Å². The molecule has 2 rings (SSSR count). The number of carbonyl (C=O) groups excluding carboxylic acids is 2. The van der Waals surface area contributed by atoms with Gasteiger partial charge in [-0.05, 0) is 17.5 Å². The van der Waals surface area contributed by atoms with Crippen LogP contribution in [0.15, 0.2) is 24.3 Å². The lowest BCUT2D eigenvalue weighted by Crippen LogP contribution is -2.41. The van der Waals surface area contributed by atoms with Crippen molar-refractivity contribution in [2.45, 2.75) is 38.8 Å². The van der Waals surface area contributed by atoms with E-state index in [1.807, 2.05) is 12.1 Å². The lowest BCUT2D eigenvalue weighted by molar-refractivity contribution is -0.137. The Morgan fingerprint density at radius 3 is 2.67 bits per heavy atom. The molecular weight excluding hydrogens is 346 g/mol. The molecule has 2 amide bonds. The molecule has 1 aromatic carbocycles. The standard InChI is InChI=1S/C20H31N3O4/c1-2-16-4-3-5-17(12-16)13-21-14-18(24)15-22-19(25)6-7-20(26)23-8-10-27-11-9-23/h3-5,12,18,21,24H,2,6-11,13-15H2,1H3,(H,22,25). The van der Waals surface area contributed by atoms with Gasteiger partial charge in [0.15, 0.2) is 0 Å². The quantitative estimate of drug-likeness (QED) is 0.551. The van der Waals surface area contributed by atoms with Crippen LogP contribution in [0, 0.1) is 0 Å². The van der Waals surface area contributed by atoms with E-state index in [-0.39, 0.29) is 31.2 Å². The molecule has 1 aromatic rings. The van der Waals surface area contributed by atoms with Crippen molar-refractivity contribution in [1.82, 2.24) is 15.5 Å². The zero-order valence-electron chi connectivity index (χ0n) is 16.1. The Hall–Kier alpha value is -1.96. The van der Waals surface area contributed by atoms with E-state index < -0.39 is 6.10 Å². The maximum atomic E-state index is 12.0. The van der Waals surface area contributed by atoms with Crippen LogP contribution in [0.1, 0.15) is 30.9 Å². The van der Waals surface area contributed by atoms with Gasteiger partial charge in [0, 0.05) is 45.6 Å². The predicted octanol–water partition coefficient (Wildman–Crippen LogP) is 0.455. The summed E-state index contributed by atoms with van der Waals surface area (Å²) in [6.45, 7) is 5.65. The number of hydrogen-bond donors (Lipinski definition) is 3. The molecular formula is C20H31N3O4. The first-order valence-corrected chi connectivity index (χ1v) is 9.67. The van der Waals surface area contributed by atoms with Crippen molar-refractivity contribution in [2.24, 2.45) is 0 Å². The molecule has 1 aliphatic rings. The number of aryl methyl sites for hydroxylation is 1. The Balaban J connectivity index is 1.56. The minimum absolute atomic E-state index is 0.0232. The number of rotatable bonds is 10. The normalized spacial score (nSPS) is 15.4. The van der Waals surface area contributed by atoms with Crippen molar-refractivity contribution in [3.05, 3.63) is 35.4 Å². The third-order valence-electron chi connectivity index (χ3n) is 4.57. The van der Waals surface area contributed by atoms with E-state index in [2.05, 4.69) is 29.7 Å². The van der Waals surface area contributed by atoms with Gasteiger partial charge in [0.2, 0.25) is 11.8 Å². The fraction of sp³-hybridized carbons (Fsp3) is 0.600. The van der Waals surface area contributed by atoms with Crippen LogP contribution in [0.25, 0.3) is 0 Å². The highest BCUT2D eigenvalue weighted by atomic mass is 16.5. The van der Waals surface area contributed by atoms with Gasteiger partial charge in [-0.1, -0.05) is 31.2 Å². The van der Waals surface area contributed by atoms with E-state index in [1.165, 1.54) is 11.1 Å². The highest BCUT2D eigenvalue weighted by Gasteiger charge is 2.17. The summed E-state index contributed by atoms with van der Waals surface area (Å²) in [5.41, 5.74) is 2.46.